The van der Waals surface area contributed by atoms with Crippen LogP contribution in [0, 0.1) is 17.0 Å². The van der Waals surface area contributed by atoms with E-state index in [-0.39, 0.29) is 27.5 Å². The van der Waals surface area contributed by atoms with Gasteiger partial charge in [0, 0.05) is 30.4 Å². The predicted molar refractivity (Wildman–Crippen MR) is 134 cm³/mol. The van der Waals surface area contributed by atoms with Crippen LogP contribution in [0.3, 0.4) is 0 Å². The first-order chi connectivity index (χ1) is 17.1. The molecule has 0 saturated heterocycles. The average Bonchev–Trinajstić information content (AvgIpc) is 3.07. The van der Waals surface area contributed by atoms with Crippen molar-refractivity contribution in [2.45, 2.75) is 11.8 Å². The molecule has 1 aromatic heterocycles. The van der Waals surface area contributed by atoms with E-state index >= 15 is 0 Å². The molecule has 0 fully saturated rings. The minimum Gasteiger partial charge on any atom is -0.316 e. The summed E-state index contributed by atoms with van der Waals surface area (Å²) in [7, 11) is -2.38. The molecule has 0 aliphatic rings. The maximum Gasteiger partial charge on any atom is 0.295 e. The molecule has 12 heteroatoms. The summed E-state index contributed by atoms with van der Waals surface area (Å²) < 4.78 is 30.6. The van der Waals surface area contributed by atoms with Crippen LogP contribution in [0.1, 0.15) is 16.1 Å². The molecule has 184 valence electrons. The molecule has 4 rings (SSSR count). The first-order valence-electron chi connectivity index (χ1n) is 10.6. The van der Waals surface area contributed by atoms with E-state index < -0.39 is 26.4 Å². The van der Waals surface area contributed by atoms with E-state index in [9.17, 15) is 28.1 Å². The summed E-state index contributed by atoms with van der Waals surface area (Å²) in [5, 5.41) is 13.6. The van der Waals surface area contributed by atoms with Gasteiger partial charge in [-0.25, -0.2) is 13.1 Å². The molecule has 0 aliphatic carbocycles. The maximum atomic E-state index is 13.0. The molecular weight excluding hydrogens is 486 g/mol. The Labute approximate surface area is 205 Å². The number of para-hydroxylation sites is 1. The van der Waals surface area contributed by atoms with Crippen LogP contribution in [0.4, 0.5) is 17.1 Å². The highest BCUT2D eigenvalue weighted by molar-refractivity contribution is 7.92. The van der Waals surface area contributed by atoms with Crippen molar-refractivity contribution in [3.05, 3.63) is 111 Å². The lowest BCUT2D eigenvalue weighted by molar-refractivity contribution is -0.385. The van der Waals surface area contributed by atoms with Crippen LogP contribution in [-0.4, -0.2) is 28.6 Å². The van der Waals surface area contributed by atoms with Gasteiger partial charge < -0.3 is 5.32 Å². The van der Waals surface area contributed by atoms with Gasteiger partial charge in [0.05, 0.1) is 21.2 Å². The fraction of sp³-hybridized carbons (Fsp3) is 0.0833. The quantitative estimate of drug-likeness (QED) is 0.289. The third-order valence-electron chi connectivity index (χ3n) is 5.53. The molecule has 0 unspecified atom stereocenters. The summed E-state index contributed by atoms with van der Waals surface area (Å²) in [4.78, 5) is 35.8. The second-order valence-corrected chi connectivity index (χ2v) is 9.51. The molecule has 0 saturated carbocycles. The molecule has 0 spiro atoms. The van der Waals surface area contributed by atoms with Crippen LogP contribution < -0.4 is 15.6 Å². The Morgan fingerprint density at radius 3 is 2.28 bits per heavy atom. The molecule has 0 radical (unpaired) electrons. The fourth-order valence-electron chi connectivity index (χ4n) is 3.57. The van der Waals surface area contributed by atoms with Gasteiger partial charge in [0.25, 0.3) is 27.2 Å². The number of nitro benzene ring substituents is 1. The number of hydrogen-bond donors (Lipinski definition) is 2. The maximum absolute atomic E-state index is 13.0. The van der Waals surface area contributed by atoms with Crippen LogP contribution in [-0.2, 0) is 17.1 Å². The van der Waals surface area contributed by atoms with Gasteiger partial charge in [-0.3, -0.25) is 29.1 Å². The zero-order valence-corrected chi connectivity index (χ0v) is 20.0. The lowest BCUT2D eigenvalue weighted by Crippen LogP contribution is -2.23. The van der Waals surface area contributed by atoms with Gasteiger partial charge >= 0.3 is 0 Å². The van der Waals surface area contributed by atoms with Crippen molar-refractivity contribution in [2.24, 2.45) is 7.05 Å². The van der Waals surface area contributed by atoms with Gasteiger partial charge in [-0.2, -0.15) is 0 Å². The number of aromatic nitrogens is 2. The number of carbonyl (C=O) groups is 1. The number of nitrogens with zero attached hydrogens (tertiary/aromatic N) is 3. The van der Waals surface area contributed by atoms with Crippen molar-refractivity contribution >= 4 is 33.0 Å². The first kappa shape index (κ1) is 24.4. The van der Waals surface area contributed by atoms with Crippen molar-refractivity contribution in [3.8, 4) is 5.69 Å². The SMILES string of the molecule is Cc1c(NC(=O)c2ccc(NS(=O)(=O)c3cccc([N+](=O)[O-])c3)cc2)c(=O)n(-c2ccccc2)n1C. The second-order valence-electron chi connectivity index (χ2n) is 7.83. The number of rotatable bonds is 7. The number of carbonyl (C=O) groups excluding carboxylic acids is 1. The average molecular weight is 508 g/mol. The number of anilines is 2. The summed E-state index contributed by atoms with van der Waals surface area (Å²) in [6.45, 7) is 1.71. The molecule has 0 bridgehead atoms. The van der Waals surface area contributed by atoms with Gasteiger partial charge in [-0.15, -0.1) is 0 Å². The molecule has 0 aliphatic heterocycles. The molecule has 4 aromatic rings. The summed E-state index contributed by atoms with van der Waals surface area (Å²) >= 11 is 0. The van der Waals surface area contributed by atoms with Crippen LogP contribution in [0.15, 0.2) is 88.6 Å². The summed E-state index contributed by atoms with van der Waals surface area (Å²) in [6, 6.07) is 19.2. The second kappa shape index (κ2) is 9.50. The van der Waals surface area contributed by atoms with Gasteiger partial charge in [0.2, 0.25) is 0 Å². The van der Waals surface area contributed by atoms with Crippen molar-refractivity contribution in [2.75, 3.05) is 10.0 Å². The molecular formula is C24H21N5O6S. The van der Waals surface area contributed by atoms with Crippen LogP contribution >= 0.6 is 0 Å². The highest BCUT2D eigenvalue weighted by Crippen LogP contribution is 2.21. The number of hydrogen-bond acceptors (Lipinski definition) is 6. The third kappa shape index (κ3) is 4.74. The standard InChI is InChI=1S/C24H21N5O6S/c1-16-22(24(31)28(27(16)2)19-7-4-3-5-8-19)25-23(30)17-11-13-18(14-12-17)26-36(34,35)21-10-6-9-20(15-21)29(32)33/h3-15,26H,1-2H3,(H,25,30). The molecule has 3 aromatic carbocycles. The van der Waals surface area contributed by atoms with E-state index in [2.05, 4.69) is 10.0 Å². The lowest BCUT2D eigenvalue weighted by Gasteiger charge is -2.09. The molecule has 0 atom stereocenters. The number of nitro groups is 1. The van der Waals surface area contributed by atoms with Crippen molar-refractivity contribution in [1.82, 2.24) is 9.36 Å². The predicted octanol–water partition coefficient (Wildman–Crippen LogP) is 3.45. The number of amides is 1. The third-order valence-corrected chi connectivity index (χ3v) is 6.91. The minimum atomic E-state index is -4.09. The molecule has 1 heterocycles. The van der Waals surface area contributed by atoms with E-state index in [0.717, 1.165) is 6.07 Å². The summed E-state index contributed by atoms with van der Waals surface area (Å²) in [5.74, 6) is -0.547. The van der Waals surface area contributed by atoms with E-state index in [0.29, 0.717) is 11.4 Å². The Hall–Kier alpha value is -4.71. The van der Waals surface area contributed by atoms with Crippen molar-refractivity contribution < 1.29 is 18.1 Å². The lowest BCUT2D eigenvalue weighted by atomic mass is 10.2. The summed E-state index contributed by atoms with van der Waals surface area (Å²) in [5.41, 5.74) is 0.931. The van der Waals surface area contributed by atoms with E-state index in [1.54, 1.807) is 42.9 Å². The van der Waals surface area contributed by atoms with Gasteiger partial charge in [-0.05, 0) is 49.4 Å². The normalized spacial score (nSPS) is 11.2. The number of non-ortho nitro benzene ring substituents is 1. The number of sulfonamides is 1. The number of benzene rings is 3. The van der Waals surface area contributed by atoms with E-state index in [1.165, 1.54) is 47.1 Å². The first-order valence-corrected chi connectivity index (χ1v) is 12.1. The van der Waals surface area contributed by atoms with Gasteiger partial charge in [-0.1, -0.05) is 24.3 Å². The Balaban J connectivity index is 1.53. The van der Waals surface area contributed by atoms with Gasteiger partial charge in [0.15, 0.2) is 0 Å². The molecule has 2 N–H and O–H groups in total. The Morgan fingerprint density at radius 2 is 1.64 bits per heavy atom. The van der Waals surface area contributed by atoms with Crippen LogP contribution in [0.25, 0.3) is 5.69 Å². The smallest absolute Gasteiger partial charge is 0.295 e. The Morgan fingerprint density at radius 1 is 0.972 bits per heavy atom. The van der Waals surface area contributed by atoms with Crippen molar-refractivity contribution in [3.63, 3.8) is 0 Å². The summed E-state index contributed by atoms with van der Waals surface area (Å²) in [6.07, 6.45) is 0. The minimum absolute atomic E-state index is 0.127. The van der Waals surface area contributed by atoms with Crippen LogP contribution in [0.5, 0.6) is 0 Å². The Kier molecular flexibility index (Phi) is 6.45. The zero-order valence-electron chi connectivity index (χ0n) is 19.2. The largest absolute Gasteiger partial charge is 0.316 e. The highest BCUT2D eigenvalue weighted by Gasteiger charge is 2.20. The zero-order chi connectivity index (χ0) is 26.0. The van der Waals surface area contributed by atoms with E-state index in [1.807, 2.05) is 6.07 Å². The van der Waals surface area contributed by atoms with E-state index in [4.69, 9.17) is 0 Å². The molecule has 36 heavy (non-hydrogen) atoms. The molecule has 1 amide bonds. The highest BCUT2D eigenvalue weighted by atomic mass is 32.2. The van der Waals surface area contributed by atoms with Crippen LogP contribution in [0.2, 0.25) is 0 Å². The fourth-order valence-corrected chi connectivity index (χ4v) is 4.66. The topological polar surface area (TPSA) is 145 Å². The monoisotopic (exact) mass is 507 g/mol. The molecule has 11 nitrogen and oxygen atoms in total. The Bertz CT molecular complexity index is 1620. The number of nitrogens with one attached hydrogen (secondary N) is 2. The van der Waals surface area contributed by atoms with Crippen molar-refractivity contribution in [1.29, 1.82) is 0 Å². The van der Waals surface area contributed by atoms with Gasteiger partial charge in [0.1, 0.15) is 5.69 Å².